The number of guanidine groups is 1. The Bertz CT molecular complexity index is 550. The van der Waals surface area contributed by atoms with Gasteiger partial charge in [0.1, 0.15) is 12.1 Å². The van der Waals surface area contributed by atoms with Gasteiger partial charge in [-0.3, -0.25) is 14.6 Å². The Labute approximate surface area is 172 Å². The van der Waals surface area contributed by atoms with Gasteiger partial charge in [-0.15, -0.1) is 0 Å². The fourth-order valence-corrected chi connectivity index (χ4v) is 2.66. The molecule has 11 N–H and O–H groups in total. The number of amides is 2. The molecule has 0 radical (unpaired) electrons. The number of carbonyl (C=O) groups is 3. The monoisotopic (exact) mass is 415 g/mol. The molecule has 168 valence electrons. The Balaban J connectivity index is 4.92. The third-order valence-electron chi connectivity index (χ3n) is 4.21. The molecule has 0 bridgehead atoms. The molecule has 0 aliphatic heterocycles. The number of hydrogen-bond acceptors (Lipinski definition) is 6. The summed E-state index contributed by atoms with van der Waals surface area (Å²) in [5.74, 6) is -2.10. The summed E-state index contributed by atoms with van der Waals surface area (Å²) in [4.78, 5) is 40.2. The highest BCUT2D eigenvalue weighted by atomic mass is 16.4. The van der Waals surface area contributed by atoms with Crippen molar-refractivity contribution in [3.63, 3.8) is 0 Å². The van der Waals surface area contributed by atoms with Gasteiger partial charge in [0.15, 0.2) is 5.96 Å². The zero-order chi connectivity index (χ0) is 22.4. The molecule has 0 aliphatic rings. The average Bonchev–Trinajstić information content (AvgIpc) is 2.62. The fraction of sp³-hybridized carbons (Fsp3) is 0.778. The van der Waals surface area contributed by atoms with Gasteiger partial charge in [0.05, 0.1) is 6.04 Å². The Morgan fingerprint density at radius 2 is 1.59 bits per heavy atom. The first-order valence-electron chi connectivity index (χ1n) is 9.93. The van der Waals surface area contributed by atoms with E-state index in [1.807, 2.05) is 13.8 Å². The second-order valence-corrected chi connectivity index (χ2v) is 7.43. The van der Waals surface area contributed by atoms with E-state index in [0.717, 1.165) is 0 Å². The number of aliphatic imine (C=N–C) groups is 1. The van der Waals surface area contributed by atoms with Crippen molar-refractivity contribution in [2.24, 2.45) is 33.8 Å². The Morgan fingerprint density at radius 1 is 0.966 bits per heavy atom. The first-order valence-corrected chi connectivity index (χ1v) is 9.93. The van der Waals surface area contributed by atoms with E-state index in [2.05, 4.69) is 15.6 Å². The number of nitrogens with zero attached hydrogens (tertiary/aromatic N) is 1. The number of carboxylic acids is 1. The summed E-state index contributed by atoms with van der Waals surface area (Å²) < 4.78 is 0. The molecule has 3 unspecified atom stereocenters. The average molecular weight is 416 g/mol. The minimum Gasteiger partial charge on any atom is -0.480 e. The van der Waals surface area contributed by atoms with E-state index in [1.54, 1.807) is 0 Å². The number of aliphatic carboxylic acids is 1. The molecule has 0 spiro atoms. The number of carboxylic acid groups (broad SMARTS) is 1. The van der Waals surface area contributed by atoms with Crippen LogP contribution >= 0.6 is 0 Å². The molecule has 11 nitrogen and oxygen atoms in total. The lowest BCUT2D eigenvalue weighted by Crippen LogP contribution is -2.54. The summed E-state index contributed by atoms with van der Waals surface area (Å²) in [7, 11) is 0. The van der Waals surface area contributed by atoms with Crippen LogP contribution in [0.1, 0.15) is 52.4 Å². The van der Waals surface area contributed by atoms with Crippen LogP contribution in [0.25, 0.3) is 0 Å². The number of nitrogens with one attached hydrogen (secondary N) is 2. The molecule has 3 atom stereocenters. The van der Waals surface area contributed by atoms with Crippen LogP contribution in [0.2, 0.25) is 0 Å². The van der Waals surface area contributed by atoms with Crippen molar-refractivity contribution in [1.29, 1.82) is 0 Å². The first-order chi connectivity index (χ1) is 13.6. The molecule has 0 aliphatic carbocycles. The minimum absolute atomic E-state index is 0.0333. The molecule has 0 saturated carbocycles. The molecular formula is C18H37N7O4. The smallest absolute Gasteiger partial charge is 0.326 e. The van der Waals surface area contributed by atoms with Gasteiger partial charge in [0, 0.05) is 6.54 Å². The maximum atomic E-state index is 12.6. The van der Waals surface area contributed by atoms with Crippen molar-refractivity contribution in [2.75, 3.05) is 13.1 Å². The van der Waals surface area contributed by atoms with Crippen molar-refractivity contribution < 1.29 is 19.5 Å². The third-order valence-corrected chi connectivity index (χ3v) is 4.21. The summed E-state index contributed by atoms with van der Waals surface area (Å²) in [6.45, 7) is 4.53. The van der Waals surface area contributed by atoms with Crippen LogP contribution < -0.4 is 33.6 Å². The van der Waals surface area contributed by atoms with Crippen LogP contribution in [-0.2, 0) is 14.4 Å². The quantitative estimate of drug-likeness (QED) is 0.0956. The fourth-order valence-electron chi connectivity index (χ4n) is 2.66. The van der Waals surface area contributed by atoms with Gasteiger partial charge in [-0.1, -0.05) is 13.8 Å². The SMILES string of the molecule is CC(C)CC(NC(=O)C(CCCCN)NC(=O)C(N)CCCN=C(N)N)C(=O)O. The Morgan fingerprint density at radius 3 is 2.10 bits per heavy atom. The second-order valence-electron chi connectivity index (χ2n) is 7.43. The molecule has 0 aromatic heterocycles. The van der Waals surface area contributed by atoms with Crippen molar-refractivity contribution in [1.82, 2.24) is 10.6 Å². The third kappa shape index (κ3) is 12.6. The lowest BCUT2D eigenvalue weighted by molar-refractivity contribution is -0.142. The van der Waals surface area contributed by atoms with Crippen molar-refractivity contribution >= 4 is 23.7 Å². The van der Waals surface area contributed by atoms with E-state index < -0.39 is 35.9 Å². The first kappa shape index (κ1) is 26.6. The van der Waals surface area contributed by atoms with Gasteiger partial charge in [0.2, 0.25) is 11.8 Å². The molecular weight excluding hydrogens is 378 g/mol. The Kier molecular flexibility index (Phi) is 13.4. The molecule has 0 fully saturated rings. The number of unbranched alkanes of at least 4 members (excludes halogenated alkanes) is 1. The topological polar surface area (TPSA) is 212 Å². The number of nitrogens with two attached hydrogens (primary N) is 4. The normalized spacial score (nSPS) is 14.0. The van der Waals surface area contributed by atoms with Crippen LogP contribution in [0.3, 0.4) is 0 Å². The van der Waals surface area contributed by atoms with Gasteiger partial charge in [-0.05, 0) is 51.0 Å². The second kappa shape index (κ2) is 14.6. The summed E-state index contributed by atoms with van der Waals surface area (Å²) in [5, 5.41) is 14.5. The van der Waals surface area contributed by atoms with Gasteiger partial charge < -0.3 is 38.7 Å². The van der Waals surface area contributed by atoms with E-state index in [4.69, 9.17) is 22.9 Å². The molecule has 2 amide bonds. The van der Waals surface area contributed by atoms with Crippen molar-refractivity contribution in [3.05, 3.63) is 0 Å². The number of rotatable bonds is 15. The summed E-state index contributed by atoms with van der Waals surface area (Å²) in [6.07, 6.45) is 2.75. The molecule has 0 rings (SSSR count). The minimum atomic E-state index is -1.12. The number of carbonyl (C=O) groups excluding carboxylic acids is 2. The van der Waals surface area contributed by atoms with Crippen LogP contribution in [0, 0.1) is 5.92 Å². The lowest BCUT2D eigenvalue weighted by Gasteiger charge is -2.23. The molecule has 0 aromatic rings. The summed E-state index contributed by atoms with van der Waals surface area (Å²) in [6, 6.07) is -2.74. The number of hydrogen-bond donors (Lipinski definition) is 7. The maximum absolute atomic E-state index is 12.6. The zero-order valence-electron chi connectivity index (χ0n) is 17.4. The highest BCUT2D eigenvalue weighted by molar-refractivity contribution is 5.91. The largest absolute Gasteiger partial charge is 0.480 e. The van der Waals surface area contributed by atoms with Gasteiger partial charge >= 0.3 is 5.97 Å². The predicted molar refractivity (Wildman–Crippen MR) is 112 cm³/mol. The van der Waals surface area contributed by atoms with Crippen LogP contribution in [0.4, 0.5) is 0 Å². The van der Waals surface area contributed by atoms with Crippen molar-refractivity contribution in [2.45, 2.75) is 70.5 Å². The molecule has 0 heterocycles. The van der Waals surface area contributed by atoms with Crippen LogP contribution in [0.5, 0.6) is 0 Å². The zero-order valence-corrected chi connectivity index (χ0v) is 17.4. The molecule has 11 heteroatoms. The highest BCUT2D eigenvalue weighted by Gasteiger charge is 2.28. The van der Waals surface area contributed by atoms with E-state index in [0.29, 0.717) is 45.2 Å². The molecule has 29 heavy (non-hydrogen) atoms. The summed E-state index contributed by atoms with van der Waals surface area (Å²) >= 11 is 0. The Hall–Kier alpha value is -2.40. The van der Waals surface area contributed by atoms with Gasteiger partial charge in [0.25, 0.3) is 0 Å². The molecule has 0 aromatic carbocycles. The van der Waals surface area contributed by atoms with E-state index in [-0.39, 0.29) is 18.3 Å². The maximum Gasteiger partial charge on any atom is 0.326 e. The van der Waals surface area contributed by atoms with Crippen LogP contribution in [-0.4, -0.2) is 60.1 Å². The lowest BCUT2D eigenvalue weighted by atomic mass is 10.0. The highest BCUT2D eigenvalue weighted by Crippen LogP contribution is 2.08. The van der Waals surface area contributed by atoms with Gasteiger partial charge in [-0.25, -0.2) is 4.79 Å². The van der Waals surface area contributed by atoms with Gasteiger partial charge in [-0.2, -0.15) is 0 Å². The predicted octanol–water partition coefficient (Wildman–Crippen LogP) is -1.40. The van der Waals surface area contributed by atoms with E-state index in [1.165, 1.54) is 0 Å². The van der Waals surface area contributed by atoms with Crippen LogP contribution in [0.15, 0.2) is 4.99 Å². The van der Waals surface area contributed by atoms with Crippen molar-refractivity contribution in [3.8, 4) is 0 Å². The standard InChI is InChI=1S/C18H37N7O4/c1-11(2)10-14(17(28)29)25-16(27)13(7-3-4-8-19)24-15(26)12(20)6-5-9-23-18(21)22/h11-14H,3-10,19-20H2,1-2H3,(H,24,26)(H,25,27)(H,28,29)(H4,21,22,23). The van der Waals surface area contributed by atoms with E-state index in [9.17, 15) is 19.5 Å². The molecule has 0 saturated heterocycles. The van der Waals surface area contributed by atoms with E-state index >= 15 is 0 Å². The summed E-state index contributed by atoms with van der Waals surface area (Å²) in [5.41, 5.74) is 21.9.